The summed E-state index contributed by atoms with van der Waals surface area (Å²) in [4.78, 5) is 9.21. The maximum absolute atomic E-state index is 4.64. The second-order valence-electron chi connectivity index (χ2n) is 4.78. The number of benzene rings is 2. The van der Waals surface area contributed by atoms with Crippen LogP contribution in [0.15, 0.2) is 72.9 Å². The molecule has 4 aromatic rings. The molecule has 109 valence electrons. The number of hydrogen-bond acceptors (Lipinski definition) is 3. The minimum Gasteiger partial charge on any atom is -0.253 e. The van der Waals surface area contributed by atoms with Gasteiger partial charge in [0.05, 0.1) is 15.9 Å². The van der Waals surface area contributed by atoms with Crippen molar-refractivity contribution in [1.29, 1.82) is 0 Å². The van der Waals surface area contributed by atoms with Crippen molar-refractivity contribution in [2.45, 2.75) is 0 Å². The summed E-state index contributed by atoms with van der Waals surface area (Å²) in [6.45, 7) is 0. The minimum atomic E-state index is 0. The van der Waals surface area contributed by atoms with Crippen LogP contribution in [0.1, 0.15) is 0 Å². The van der Waals surface area contributed by atoms with Gasteiger partial charge in [-0.05, 0) is 23.8 Å². The molecular formula is C18H12IrN2S. The molecule has 2 nitrogen and oxygen atoms in total. The third-order valence-electron chi connectivity index (χ3n) is 3.38. The number of para-hydroxylation sites is 1. The average Bonchev–Trinajstić information content (AvgIpc) is 3.00. The van der Waals surface area contributed by atoms with E-state index in [1.165, 1.54) is 10.3 Å². The Morgan fingerprint density at radius 2 is 1.50 bits per heavy atom. The Labute approximate surface area is 146 Å². The third-order valence-corrected chi connectivity index (χ3v) is 4.44. The van der Waals surface area contributed by atoms with Crippen molar-refractivity contribution in [2.75, 3.05) is 0 Å². The fraction of sp³-hybridized carbons (Fsp3) is 0. The van der Waals surface area contributed by atoms with Crippen LogP contribution in [0.25, 0.3) is 32.0 Å². The Bertz CT molecular complexity index is 853. The molecule has 0 bridgehead atoms. The van der Waals surface area contributed by atoms with Crippen molar-refractivity contribution in [3.8, 4) is 21.8 Å². The molecular weight excluding hydrogens is 468 g/mol. The zero-order chi connectivity index (χ0) is 14.1. The van der Waals surface area contributed by atoms with Crippen LogP contribution in [0, 0.1) is 0 Å². The molecule has 0 fully saturated rings. The van der Waals surface area contributed by atoms with Crippen molar-refractivity contribution in [3.63, 3.8) is 0 Å². The number of rotatable bonds is 2. The zero-order valence-electron chi connectivity index (χ0n) is 11.6. The van der Waals surface area contributed by atoms with Gasteiger partial charge in [0.2, 0.25) is 0 Å². The molecule has 0 aliphatic rings. The third kappa shape index (κ3) is 2.86. The van der Waals surface area contributed by atoms with Crippen LogP contribution in [-0.4, -0.2) is 9.97 Å². The summed E-state index contributed by atoms with van der Waals surface area (Å²) in [5, 5.41) is 0.968. The van der Waals surface area contributed by atoms with E-state index in [-0.39, 0.29) is 20.1 Å². The van der Waals surface area contributed by atoms with E-state index in [1.54, 1.807) is 11.3 Å². The van der Waals surface area contributed by atoms with Gasteiger partial charge in [-0.3, -0.25) is 4.98 Å². The van der Waals surface area contributed by atoms with E-state index in [0.717, 1.165) is 21.8 Å². The van der Waals surface area contributed by atoms with Crippen LogP contribution in [0.4, 0.5) is 0 Å². The predicted molar refractivity (Wildman–Crippen MR) is 88.3 cm³/mol. The van der Waals surface area contributed by atoms with E-state index in [9.17, 15) is 0 Å². The summed E-state index contributed by atoms with van der Waals surface area (Å²) in [5.41, 5.74) is 4.27. The van der Waals surface area contributed by atoms with Crippen LogP contribution in [-0.2, 0) is 20.1 Å². The van der Waals surface area contributed by atoms with Gasteiger partial charge >= 0.3 is 0 Å². The first-order valence-electron chi connectivity index (χ1n) is 6.77. The summed E-state index contributed by atoms with van der Waals surface area (Å²) < 4.78 is 1.20. The van der Waals surface area contributed by atoms with Gasteiger partial charge in [0.15, 0.2) is 0 Å². The van der Waals surface area contributed by atoms with E-state index in [2.05, 4.69) is 34.2 Å². The normalized spacial score (nSPS) is 10.4. The van der Waals surface area contributed by atoms with Gasteiger partial charge in [-0.2, -0.15) is 0 Å². The quantitative estimate of drug-likeness (QED) is 0.403. The van der Waals surface area contributed by atoms with Gasteiger partial charge in [-0.1, -0.05) is 48.5 Å². The molecule has 22 heavy (non-hydrogen) atoms. The summed E-state index contributed by atoms with van der Waals surface area (Å²) in [7, 11) is 0. The number of thiazole rings is 1. The molecule has 0 unspecified atom stereocenters. The summed E-state index contributed by atoms with van der Waals surface area (Å²) in [6, 6.07) is 22.6. The van der Waals surface area contributed by atoms with E-state index in [0.29, 0.717) is 0 Å². The van der Waals surface area contributed by atoms with Gasteiger partial charge in [0.1, 0.15) is 5.01 Å². The minimum absolute atomic E-state index is 0. The van der Waals surface area contributed by atoms with Crippen LogP contribution < -0.4 is 0 Å². The maximum atomic E-state index is 4.64. The molecule has 2 heterocycles. The zero-order valence-corrected chi connectivity index (χ0v) is 14.8. The van der Waals surface area contributed by atoms with E-state index >= 15 is 0 Å². The Hall–Kier alpha value is -1.87. The summed E-state index contributed by atoms with van der Waals surface area (Å²) in [6.07, 6.45) is 1.91. The van der Waals surface area contributed by atoms with E-state index in [4.69, 9.17) is 0 Å². The molecule has 4 heteroatoms. The molecule has 0 N–H and O–H groups in total. The fourth-order valence-corrected chi connectivity index (χ4v) is 3.25. The van der Waals surface area contributed by atoms with E-state index < -0.39 is 0 Å². The fourth-order valence-electron chi connectivity index (χ4n) is 2.30. The van der Waals surface area contributed by atoms with Crippen molar-refractivity contribution < 1.29 is 20.1 Å². The molecule has 0 saturated carbocycles. The first-order chi connectivity index (χ1) is 10.4. The molecule has 0 spiro atoms. The monoisotopic (exact) mass is 481 g/mol. The number of pyridine rings is 1. The largest absolute Gasteiger partial charge is 0.253 e. The Morgan fingerprint density at radius 1 is 0.727 bits per heavy atom. The van der Waals surface area contributed by atoms with Crippen LogP contribution in [0.3, 0.4) is 0 Å². The summed E-state index contributed by atoms with van der Waals surface area (Å²) in [5.74, 6) is 0. The SMILES string of the molecule is [Ir].c1ccc(-c2ccc(-c3nc4ccccc4s3)nc2)cc1. The topological polar surface area (TPSA) is 25.8 Å². The number of aromatic nitrogens is 2. The number of hydrogen-bond donors (Lipinski definition) is 0. The van der Waals surface area contributed by atoms with Crippen LogP contribution in [0.2, 0.25) is 0 Å². The number of fused-ring (bicyclic) bond motifs is 1. The van der Waals surface area contributed by atoms with Crippen molar-refractivity contribution >= 4 is 21.6 Å². The maximum Gasteiger partial charge on any atom is 0.143 e. The van der Waals surface area contributed by atoms with Gasteiger partial charge in [0.25, 0.3) is 0 Å². The van der Waals surface area contributed by atoms with Gasteiger partial charge in [0, 0.05) is 31.9 Å². The van der Waals surface area contributed by atoms with Gasteiger partial charge < -0.3 is 0 Å². The molecule has 1 radical (unpaired) electrons. The molecule has 0 aliphatic carbocycles. The van der Waals surface area contributed by atoms with Crippen LogP contribution >= 0.6 is 11.3 Å². The molecule has 4 rings (SSSR count). The smallest absolute Gasteiger partial charge is 0.143 e. The van der Waals surface area contributed by atoms with Gasteiger partial charge in [-0.15, -0.1) is 11.3 Å². The Morgan fingerprint density at radius 3 is 2.23 bits per heavy atom. The summed E-state index contributed by atoms with van der Waals surface area (Å²) >= 11 is 1.68. The van der Waals surface area contributed by atoms with Crippen molar-refractivity contribution in [2.24, 2.45) is 0 Å². The molecule has 0 atom stereocenters. The van der Waals surface area contributed by atoms with Crippen molar-refractivity contribution in [3.05, 3.63) is 72.9 Å². The Kier molecular flexibility index (Phi) is 4.44. The molecule has 0 saturated heterocycles. The van der Waals surface area contributed by atoms with Crippen molar-refractivity contribution in [1.82, 2.24) is 9.97 Å². The molecule has 0 aliphatic heterocycles. The first kappa shape index (κ1) is 15.0. The Balaban J connectivity index is 0.00000144. The molecule has 0 amide bonds. The second-order valence-corrected chi connectivity index (χ2v) is 5.82. The molecule has 2 aromatic heterocycles. The number of nitrogens with zero attached hydrogens (tertiary/aromatic N) is 2. The first-order valence-corrected chi connectivity index (χ1v) is 7.59. The second kappa shape index (κ2) is 6.49. The van der Waals surface area contributed by atoms with E-state index in [1.807, 2.05) is 48.7 Å². The average molecular weight is 481 g/mol. The predicted octanol–water partition coefficient (Wildman–Crippen LogP) is 5.02. The molecule has 2 aromatic carbocycles. The van der Waals surface area contributed by atoms with Gasteiger partial charge in [-0.25, -0.2) is 4.98 Å². The van der Waals surface area contributed by atoms with Crippen LogP contribution in [0.5, 0.6) is 0 Å². The standard InChI is InChI=1S/C18H12N2S.Ir/c1-2-6-13(7-3-1)14-10-11-16(19-12-14)18-20-15-8-4-5-9-17(15)21-18;/h1-12H;.